The monoisotopic (exact) mass is 563 g/mol. The first kappa shape index (κ1) is 26.7. The van der Waals surface area contributed by atoms with Crippen LogP contribution in [0.5, 0.6) is 0 Å². The van der Waals surface area contributed by atoms with Crippen molar-refractivity contribution >= 4 is 33.2 Å². The molecule has 2 aliphatic heterocycles. The van der Waals surface area contributed by atoms with E-state index in [-0.39, 0.29) is 16.7 Å². The molecule has 1 aliphatic carbocycles. The number of halogens is 1. The van der Waals surface area contributed by atoms with Crippen molar-refractivity contribution in [3.05, 3.63) is 83.4 Å². The molecular formula is C30H32FN4O4S+. The second-order valence-corrected chi connectivity index (χ2v) is 13.2. The molecule has 1 saturated carbocycles. The van der Waals surface area contributed by atoms with Gasteiger partial charge in [0.2, 0.25) is 0 Å². The van der Waals surface area contributed by atoms with Gasteiger partial charge < -0.3 is 10.6 Å². The number of nitrogens with one attached hydrogen (secondary N) is 2. The number of sulfonamides is 1. The van der Waals surface area contributed by atoms with Gasteiger partial charge in [0.25, 0.3) is 5.91 Å². The Morgan fingerprint density at radius 2 is 1.75 bits per heavy atom. The van der Waals surface area contributed by atoms with Gasteiger partial charge in [0.15, 0.2) is 5.69 Å². The molecule has 208 valence electrons. The average Bonchev–Trinajstić information content (AvgIpc) is 3.73. The maximum Gasteiger partial charge on any atom is 0.339 e. The Kier molecular flexibility index (Phi) is 6.40. The molecule has 2 unspecified atom stereocenters. The number of nitrogens with zero attached hydrogens (tertiary/aromatic N) is 2. The summed E-state index contributed by atoms with van der Waals surface area (Å²) >= 11 is 0. The predicted octanol–water partition coefficient (Wildman–Crippen LogP) is 4.44. The van der Waals surface area contributed by atoms with Crippen molar-refractivity contribution in [2.24, 2.45) is 5.92 Å². The Morgan fingerprint density at radius 1 is 1.05 bits per heavy atom. The lowest BCUT2D eigenvalue weighted by Gasteiger charge is -2.43. The van der Waals surface area contributed by atoms with E-state index in [4.69, 9.17) is 0 Å². The second-order valence-electron chi connectivity index (χ2n) is 11.2. The summed E-state index contributed by atoms with van der Waals surface area (Å²) in [5, 5.41) is 6.28. The van der Waals surface area contributed by atoms with Crippen LogP contribution in [0.25, 0.3) is 0 Å². The van der Waals surface area contributed by atoms with Crippen LogP contribution in [0.4, 0.5) is 15.8 Å². The number of carbonyl (C=O) groups excluding carboxylic acids is 2. The molecule has 40 heavy (non-hydrogen) atoms. The molecule has 6 rings (SSSR count). The zero-order valence-electron chi connectivity index (χ0n) is 22.5. The molecule has 1 aromatic heterocycles. The van der Waals surface area contributed by atoms with Crippen molar-refractivity contribution in [3.63, 3.8) is 0 Å². The molecular weight excluding hydrogens is 531 g/mol. The van der Waals surface area contributed by atoms with E-state index in [1.54, 1.807) is 30.6 Å². The Hall–Kier alpha value is -3.47. The van der Waals surface area contributed by atoms with Gasteiger partial charge >= 0.3 is 15.9 Å². The number of piperidine rings is 1. The van der Waals surface area contributed by atoms with Crippen LogP contribution in [-0.4, -0.2) is 44.3 Å². The molecule has 0 bridgehead atoms. The number of pyridine rings is 1. The summed E-state index contributed by atoms with van der Waals surface area (Å²) in [7, 11) is -4.35. The van der Waals surface area contributed by atoms with Crippen LogP contribution in [0.2, 0.25) is 0 Å². The van der Waals surface area contributed by atoms with Crippen LogP contribution in [0, 0.1) is 18.7 Å². The summed E-state index contributed by atoms with van der Waals surface area (Å²) in [5.74, 6) is -1.36. The van der Waals surface area contributed by atoms with E-state index >= 15 is 0 Å². The Bertz CT molecular complexity index is 1610. The van der Waals surface area contributed by atoms with Gasteiger partial charge in [-0.05, 0) is 93.7 Å². The third-order valence-electron chi connectivity index (χ3n) is 8.77. The summed E-state index contributed by atoms with van der Waals surface area (Å²) in [6.45, 7) is 4.56. The summed E-state index contributed by atoms with van der Waals surface area (Å²) in [4.78, 5) is 31.3. The lowest BCUT2D eigenvalue weighted by Crippen LogP contribution is -2.67. The first-order chi connectivity index (χ1) is 19.1. The summed E-state index contributed by atoms with van der Waals surface area (Å²) in [6, 6.07) is 11.0. The van der Waals surface area contributed by atoms with E-state index in [9.17, 15) is 22.4 Å². The fourth-order valence-corrected chi connectivity index (χ4v) is 9.28. The van der Waals surface area contributed by atoms with E-state index in [1.807, 2.05) is 13.0 Å². The molecule has 2 fully saturated rings. The number of rotatable bonds is 5. The number of benzene rings is 2. The Labute approximate surface area is 233 Å². The van der Waals surface area contributed by atoms with Crippen LogP contribution in [-0.2, 0) is 20.2 Å². The molecule has 2 atom stereocenters. The molecule has 1 spiro atoms. The maximum atomic E-state index is 14.7. The van der Waals surface area contributed by atoms with Gasteiger partial charge in [0.1, 0.15) is 16.8 Å². The molecule has 10 heteroatoms. The highest BCUT2D eigenvalue weighted by atomic mass is 32.2. The van der Waals surface area contributed by atoms with Crippen LogP contribution < -0.4 is 14.5 Å². The van der Waals surface area contributed by atoms with Gasteiger partial charge in [-0.2, -0.15) is 8.42 Å². The fraction of sp³-hybridized carbons (Fsp3) is 0.367. The first-order valence-corrected chi connectivity index (χ1v) is 15.0. The lowest BCUT2D eigenvalue weighted by atomic mass is 9.68. The molecule has 3 aromatic rings. The molecule has 2 aromatic carbocycles. The number of quaternary nitrogens is 1. The van der Waals surface area contributed by atoms with Gasteiger partial charge in [0, 0.05) is 29.3 Å². The van der Waals surface area contributed by atoms with Crippen molar-refractivity contribution in [1.29, 1.82) is 0 Å². The second kappa shape index (κ2) is 9.57. The molecule has 2 amide bonds. The third kappa shape index (κ3) is 3.92. The third-order valence-corrected chi connectivity index (χ3v) is 11.1. The lowest BCUT2D eigenvalue weighted by molar-refractivity contribution is -0.126. The van der Waals surface area contributed by atoms with Crippen molar-refractivity contribution in [1.82, 2.24) is 14.2 Å². The molecule has 1 saturated heterocycles. The number of hydrogen-bond donors (Lipinski definition) is 2. The van der Waals surface area contributed by atoms with E-state index in [0.29, 0.717) is 42.9 Å². The average molecular weight is 564 g/mol. The first-order valence-electron chi connectivity index (χ1n) is 13.6. The normalized spacial score (nSPS) is 23.5. The summed E-state index contributed by atoms with van der Waals surface area (Å²) in [6.07, 6.45) is 6.20. The number of carbonyl (C=O) groups is 2. The van der Waals surface area contributed by atoms with Crippen molar-refractivity contribution < 1.29 is 22.4 Å². The molecule has 3 heterocycles. The number of hydrogen-bond acceptors (Lipinski definition) is 6. The SMILES string of the molecule is CC(=O)[N+]1(S(=O)(=O)c2ccc(F)cc2)c2ccc(C(=O)Nc3cncc(C)c3)cc2C2(CCNCC2)C1C1CC1. The van der Waals surface area contributed by atoms with Crippen LogP contribution in [0.15, 0.2) is 65.8 Å². The highest BCUT2D eigenvalue weighted by Gasteiger charge is 2.73. The maximum absolute atomic E-state index is 14.7. The largest absolute Gasteiger partial charge is 0.339 e. The van der Waals surface area contributed by atoms with E-state index in [1.165, 1.54) is 19.1 Å². The van der Waals surface area contributed by atoms with Crippen molar-refractivity contribution in [3.8, 4) is 0 Å². The smallest absolute Gasteiger partial charge is 0.321 e. The topological polar surface area (TPSA) is 105 Å². The van der Waals surface area contributed by atoms with Crippen LogP contribution >= 0.6 is 0 Å². The van der Waals surface area contributed by atoms with Gasteiger partial charge in [-0.1, -0.05) is 0 Å². The minimum atomic E-state index is -4.35. The fourth-order valence-electron chi connectivity index (χ4n) is 7.03. The number of amides is 2. The number of aromatic nitrogens is 1. The Balaban J connectivity index is 1.57. The van der Waals surface area contributed by atoms with Gasteiger partial charge in [0.05, 0.1) is 24.2 Å². The predicted molar refractivity (Wildman–Crippen MR) is 150 cm³/mol. The number of aryl methyl sites for hydroxylation is 1. The van der Waals surface area contributed by atoms with E-state index < -0.39 is 37.1 Å². The minimum Gasteiger partial charge on any atom is -0.321 e. The van der Waals surface area contributed by atoms with Gasteiger partial charge in [-0.3, -0.25) is 9.78 Å². The quantitative estimate of drug-likeness (QED) is 0.445. The highest BCUT2D eigenvalue weighted by molar-refractivity contribution is 7.91. The van der Waals surface area contributed by atoms with Crippen molar-refractivity contribution in [2.45, 2.75) is 55.9 Å². The minimum absolute atomic E-state index is 0.0280. The highest BCUT2D eigenvalue weighted by Crippen LogP contribution is 2.62. The zero-order chi connectivity index (χ0) is 28.3. The molecule has 0 radical (unpaired) electrons. The molecule has 8 nitrogen and oxygen atoms in total. The number of fused-ring (bicyclic) bond motifs is 2. The van der Waals surface area contributed by atoms with Gasteiger partial charge in [-0.15, -0.1) is 3.89 Å². The summed E-state index contributed by atoms with van der Waals surface area (Å²) in [5.41, 5.74) is 2.36. The van der Waals surface area contributed by atoms with Gasteiger partial charge in [-0.25, -0.2) is 9.18 Å². The van der Waals surface area contributed by atoms with Crippen molar-refractivity contribution in [2.75, 3.05) is 18.4 Å². The molecule has 3 aliphatic rings. The summed E-state index contributed by atoms with van der Waals surface area (Å²) < 4.78 is 42.3. The zero-order valence-corrected chi connectivity index (χ0v) is 23.3. The molecule has 2 N–H and O–H groups in total. The van der Waals surface area contributed by atoms with E-state index in [2.05, 4.69) is 15.6 Å². The van der Waals surface area contributed by atoms with Crippen LogP contribution in [0.3, 0.4) is 0 Å². The van der Waals surface area contributed by atoms with Crippen LogP contribution in [0.1, 0.15) is 54.1 Å². The standard InChI is InChI=1S/C30H31FN4O4S/c1-19-15-24(18-33-17-19)34-29(37)22-5-10-27-26(16-22)30(11-13-32-14-12-30)28(21-3-4-21)35(27,20(2)36)40(38,39)25-8-6-23(31)7-9-25/h5-10,15-18,21,28,32H,3-4,11-14H2,1-2H3/p+1. The van der Waals surface area contributed by atoms with E-state index in [0.717, 1.165) is 36.1 Å². The Morgan fingerprint density at radius 3 is 2.38 bits per heavy atom. The number of anilines is 1.